The molecule has 0 aromatic rings. The molecule has 0 aromatic carbocycles. The first-order chi connectivity index (χ1) is 4.66. The average molecular weight is 142 g/mol. The Morgan fingerprint density at radius 3 is 2.40 bits per heavy atom. The van der Waals surface area contributed by atoms with Gasteiger partial charge in [0, 0.05) is 18.1 Å². The Labute approximate surface area is 63.4 Å². The van der Waals surface area contributed by atoms with E-state index in [0.29, 0.717) is 12.1 Å². The van der Waals surface area contributed by atoms with Crippen LogP contribution >= 0.6 is 0 Å². The predicted octanol–water partition coefficient (Wildman–Crippen LogP) is 0.816. The van der Waals surface area contributed by atoms with Gasteiger partial charge in [0.1, 0.15) is 0 Å². The molecule has 1 saturated heterocycles. The van der Waals surface area contributed by atoms with E-state index in [1.807, 2.05) is 0 Å². The first-order valence-corrected chi connectivity index (χ1v) is 4.14. The van der Waals surface area contributed by atoms with E-state index in [2.05, 4.69) is 25.8 Å². The molecule has 0 spiro atoms. The molecule has 0 aliphatic carbocycles. The minimum absolute atomic E-state index is 0.398. The minimum Gasteiger partial charge on any atom is -0.326 e. The van der Waals surface area contributed by atoms with Crippen LogP contribution in [0.3, 0.4) is 0 Å². The van der Waals surface area contributed by atoms with Gasteiger partial charge in [-0.15, -0.1) is 0 Å². The number of likely N-dealkylation sites (tertiary alicyclic amines) is 1. The molecule has 10 heavy (non-hydrogen) atoms. The van der Waals surface area contributed by atoms with Gasteiger partial charge >= 0.3 is 0 Å². The van der Waals surface area contributed by atoms with E-state index >= 15 is 0 Å². The molecule has 3 atom stereocenters. The topological polar surface area (TPSA) is 29.3 Å². The van der Waals surface area contributed by atoms with Crippen LogP contribution in [-0.2, 0) is 0 Å². The van der Waals surface area contributed by atoms with Crippen molar-refractivity contribution in [3.05, 3.63) is 0 Å². The summed E-state index contributed by atoms with van der Waals surface area (Å²) in [6, 6.07) is 1.70. The zero-order valence-electron chi connectivity index (χ0n) is 7.17. The Balaban J connectivity index is 2.53. The number of nitrogens with two attached hydrogens (primary N) is 1. The highest BCUT2D eigenvalue weighted by Gasteiger charge is 2.31. The Hall–Kier alpha value is -0.0800. The van der Waals surface area contributed by atoms with E-state index < -0.39 is 0 Å². The van der Waals surface area contributed by atoms with Crippen molar-refractivity contribution in [1.82, 2.24) is 4.90 Å². The molecule has 1 rings (SSSR count). The Morgan fingerprint density at radius 2 is 2.20 bits per heavy atom. The quantitative estimate of drug-likeness (QED) is 0.587. The number of likely N-dealkylation sites (N-methyl/N-ethyl adjacent to an activating group) is 1. The summed E-state index contributed by atoms with van der Waals surface area (Å²) in [6.45, 7) is 4.44. The van der Waals surface area contributed by atoms with Crippen LogP contribution < -0.4 is 5.73 Å². The molecule has 0 aromatic heterocycles. The largest absolute Gasteiger partial charge is 0.326 e. The van der Waals surface area contributed by atoms with Crippen molar-refractivity contribution in [3.63, 3.8) is 0 Å². The molecular formula is C8H18N2. The van der Waals surface area contributed by atoms with Gasteiger partial charge in [-0.05, 0) is 26.8 Å². The molecule has 0 unspecified atom stereocenters. The fourth-order valence-electron chi connectivity index (χ4n) is 1.77. The summed E-state index contributed by atoms with van der Waals surface area (Å²) in [7, 11) is 2.17. The van der Waals surface area contributed by atoms with E-state index in [-0.39, 0.29) is 0 Å². The van der Waals surface area contributed by atoms with Crippen LogP contribution in [0.2, 0.25) is 0 Å². The molecule has 1 aliphatic heterocycles. The highest BCUT2D eigenvalue weighted by atomic mass is 15.2. The lowest BCUT2D eigenvalue weighted by Crippen LogP contribution is -2.35. The van der Waals surface area contributed by atoms with Crippen molar-refractivity contribution in [3.8, 4) is 0 Å². The molecule has 1 fully saturated rings. The van der Waals surface area contributed by atoms with E-state index in [9.17, 15) is 0 Å². The summed E-state index contributed by atoms with van der Waals surface area (Å²) in [5, 5.41) is 0. The zero-order valence-corrected chi connectivity index (χ0v) is 7.17. The van der Waals surface area contributed by atoms with E-state index in [1.54, 1.807) is 0 Å². The van der Waals surface area contributed by atoms with Crippen LogP contribution in [-0.4, -0.2) is 30.1 Å². The van der Waals surface area contributed by atoms with Crippen LogP contribution in [0.1, 0.15) is 26.7 Å². The van der Waals surface area contributed by atoms with Gasteiger partial charge in [-0.1, -0.05) is 6.92 Å². The van der Waals surface area contributed by atoms with Gasteiger partial charge in [0.2, 0.25) is 0 Å². The van der Waals surface area contributed by atoms with Crippen LogP contribution in [0.25, 0.3) is 0 Å². The van der Waals surface area contributed by atoms with Crippen molar-refractivity contribution in [2.45, 2.75) is 44.8 Å². The van der Waals surface area contributed by atoms with Crippen LogP contribution in [0.15, 0.2) is 0 Å². The Morgan fingerprint density at radius 1 is 1.60 bits per heavy atom. The number of hydrogen-bond acceptors (Lipinski definition) is 2. The van der Waals surface area contributed by atoms with Crippen molar-refractivity contribution < 1.29 is 0 Å². The number of nitrogens with zero attached hydrogens (tertiary/aromatic N) is 1. The van der Waals surface area contributed by atoms with Gasteiger partial charge in [0.25, 0.3) is 0 Å². The lowest BCUT2D eigenvalue weighted by atomic mass is 10.1. The Bertz CT molecular complexity index is 114. The molecule has 1 aliphatic rings. The fraction of sp³-hybridized carbons (Fsp3) is 1.00. The molecule has 2 nitrogen and oxygen atoms in total. The lowest BCUT2D eigenvalue weighted by Gasteiger charge is -2.22. The van der Waals surface area contributed by atoms with Gasteiger partial charge < -0.3 is 5.73 Å². The summed E-state index contributed by atoms with van der Waals surface area (Å²) < 4.78 is 0. The second-order valence-corrected chi connectivity index (χ2v) is 3.37. The van der Waals surface area contributed by atoms with Gasteiger partial charge in [-0.25, -0.2) is 0 Å². The van der Waals surface area contributed by atoms with E-state index in [4.69, 9.17) is 5.73 Å². The van der Waals surface area contributed by atoms with E-state index in [1.165, 1.54) is 12.8 Å². The molecule has 0 radical (unpaired) electrons. The maximum absolute atomic E-state index is 5.89. The normalized spacial score (nSPS) is 42.6. The minimum atomic E-state index is 0.398. The molecule has 0 saturated carbocycles. The van der Waals surface area contributed by atoms with Crippen molar-refractivity contribution >= 4 is 0 Å². The molecule has 2 heteroatoms. The smallest absolute Gasteiger partial charge is 0.0219 e. The molecule has 2 N–H and O–H groups in total. The molecule has 0 bridgehead atoms. The highest BCUT2D eigenvalue weighted by Crippen LogP contribution is 2.22. The van der Waals surface area contributed by atoms with E-state index in [0.717, 1.165) is 6.04 Å². The van der Waals surface area contributed by atoms with Gasteiger partial charge in [0.15, 0.2) is 0 Å². The number of hydrogen-bond donors (Lipinski definition) is 1. The summed E-state index contributed by atoms with van der Waals surface area (Å²) in [6.07, 6.45) is 2.41. The lowest BCUT2D eigenvalue weighted by molar-refractivity contribution is 0.244. The zero-order chi connectivity index (χ0) is 7.72. The maximum atomic E-state index is 5.89. The van der Waals surface area contributed by atoms with Gasteiger partial charge in [-0.2, -0.15) is 0 Å². The van der Waals surface area contributed by atoms with Crippen molar-refractivity contribution in [2.75, 3.05) is 7.05 Å². The third-order valence-electron chi connectivity index (χ3n) is 2.85. The van der Waals surface area contributed by atoms with Gasteiger partial charge in [0.05, 0.1) is 0 Å². The van der Waals surface area contributed by atoms with Crippen LogP contribution in [0.4, 0.5) is 0 Å². The monoisotopic (exact) mass is 142 g/mol. The second-order valence-electron chi connectivity index (χ2n) is 3.37. The summed E-state index contributed by atoms with van der Waals surface area (Å²) in [4.78, 5) is 2.39. The SMILES string of the molecule is CC[C@@H]1C[C@@H](N)[C@H](C)N1C. The standard InChI is InChI=1S/C8H18N2/c1-4-7-5-8(9)6(2)10(7)3/h6-8H,4-5,9H2,1-3H3/t6-,7+,8+/m0/s1. The average Bonchev–Trinajstić information content (AvgIpc) is 2.17. The van der Waals surface area contributed by atoms with Gasteiger partial charge in [-0.3, -0.25) is 4.90 Å². The molecule has 1 heterocycles. The maximum Gasteiger partial charge on any atom is 0.0219 e. The first kappa shape index (κ1) is 8.02. The number of rotatable bonds is 1. The third kappa shape index (κ3) is 1.18. The fourth-order valence-corrected chi connectivity index (χ4v) is 1.77. The van der Waals surface area contributed by atoms with Crippen LogP contribution in [0.5, 0.6) is 0 Å². The summed E-state index contributed by atoms with van der Waals surface area (Å²) in [5.41, 5.74) is 5.89. The summed E-state index contributed by atoms with van der Waals surface area (Å²) >= 11 is 0. The van der Waals surface area contributed by atoms with Crippen molar-refractivity contribution in [2.24, 2.45) is 5.73 Å². The summed E-state index contributed by atoms with van der Waals surface area (Å²) in [5.74, 6) is 0. The molecular weight excluding hydrogens is 124 g/mol. The van der Waals surface area contributed by atoms with Crippen molar-refractivity contribution in [1.29, 1.82) is 0 Å². The Kier molecular flexibility index (Phi) is 2.32. The molecule has 0 amide bonds. The second kappa shape index (κ2) is 2.89. The molecule has 60 valence electrons. The third-order valence-corrected chi connectivity index (χ3v) is 2.85. The van der Waals surface area contributed by atoms with Crippen LogP contribution in [0, 0.1) is 0 Å². The first-order valence-electron chi connectivity index (χ1n) is 4.14. The highest BCUT2D eigenvalue weighted by molar-refractivity contribution is 4.91. The predicted molar refractivity (Wildman–Crippen MR) is 43.9 cm³/mol.